The summed E-state index contributed by atoms with van der Waals surface area (Å²) in [6.07, 6.45) is 3.14. The highest BCUT2D eigenvalue weighted by atomic mass is 16.5. The van der Waals surface area contributed by atoms with Crippen LogP contribution in [0.15, 0.2) is 48.5 Å². The van der Waals surface area contributed by atoms with Gasteiger partial charge in [-0.3, -0.25) is 9.69 Å². The lowest BCUT2D eigenvalue weighted by atomic mass is 9.99. The fourth-order valence-corrected chi connectivity index (χ4v) is 4.04. The van der Waals surface area contributed by atoms with E-state index in [0.29, 0.717) is 25.4 Å². The zero-order valence-electron chi connectivity index (χ0n) is 15.5. The van der Waals surface area contributed by atoms with Crippen LogP contribution in [0.4, 0.5) is 0 Å². The number of phenolic OH excluding ortho intramolecular Hbond substituents is 1. The summed E-state index contributed by atoms with van der Waals surface area (Å²) in [6, 6.07) is 15.4. The van der Waals surface area contributed by atoms with E-state index < -0.39 is 0 Å². The number of piperidine rings is 1. The molecule has 0 aliphatic carbocycles. The predicted octanol–water partition coefficient (Wildman–Crippen LogP) is 3.17. The minimum atomic E-state index is -0.0716. The monoisotopic (exact) mass is 366 g/mol. The van der Waals surface area contributed by atoms with Crippen LogP contribution < -0.4 is 4.74 Å². The number of fused-ring (bicyclic) bond motifs is 1. The number of nitrogens with zero attached hydrogens (tertiary/aromatic N) is 2. The van der Waals surface area contributed by atoms with Crippen LogP contribution in [-0.4, -0.2) is 46.6 Å². The number of aromatic hydroxyl groups is 1. The fourth-order valence-electron chi connectivity index (χ4n) is 4.04. The summed E-state index contributed by atoms with van der Waals surface area (Å²) in [5, 5.41) is 9.67. The van der Waals surface area contributed by atoms with Crippen molar-refractivity contribution in [1.82, 2.24) is 9.80 Å². The molecule has 0 spiro atoms. The maximum atomic E-state index is 13.4. The average Bonchev–Trinajstić information content (AvgIpc) is 2.91. The van der Waals surface area contributed by atoms with Gasteiger partial charge >= 0.3 is 0 Å². The van der Waals surface area contributed by atoms with Crippen LogP contribution in [-0.2, 0) is 17.9 Å². The normalized spacial score (nSPS) is 20.4. The molecule has 1 atom stereocenters. The lowest BCUT2D eigenvalue weighted by Crippen LogP contribution is -2.50. The highest BCUT2D eigenvalue weighted by Crippen LogP contribution is 2.29. The maximum Gasteiger partial charge on any atom is 0.240 e. The van der Waals surface area contributed by atoms with Crippen molar-refractivity contribution in [2.75, 3.05) is 19.7 Å². The Balaban J connectivity index is 1.50. The van der Waals surface area contributed by atoms with Gasteiger partial charge in [-0.05, 0) is 37.1 Å². The first-order chi connectivity index (χ1) is 13.2. The summed E-state index contributed by atoms with van der Waals surface area (Å²) in [5.41, 5.74) is 2.20. The Bertz CT molecular complexity index is 793. The minimum Gasteiger partial charge on any atom is -0.508 e. The van der Waals surface area contributed by atoms with E-state index >= 15 is 0 Å². The van der Waals surface area contributed by atoms with Crippen LogP contribution in [0.25, 0.3) is 0 Å². The molecule has 2 aromatic carbocycles. The number of ether oxygens (including phenoxy) is 1. The van der Waals surface area contributed by atoms with E-state index in [9.17, 15) is 9.90 Å². The lowest BCUT2D eigenvalue weighted by Gasteiger charge is -2.37. The number of benzene rings is 2. The van der Waals surface area contributed by atoms with Crippen LogP contribution in [0.3, 0.4) is 0 Å². The molecule has 142 valence electrons. The van der Waals surface area contributed by atoms with Gasteiger partial charge in [-0.2, -0.15) is 0 Å². The van der Waals surface area contributed by atoms with Crippen molar-refractivity contribution in [2.45, 2.75) is 38.4 Å². The molecule has 1 amide bonds. The molecule has 27 heavy (non-hydrogen) atoms. The molecule has 1 fully saturated rings. The lowest BCUT2D eigenvalue weighted by molar-refractivity contribution is -0.139. The third kappa shape index (κ3) is 4.08. The molecule has 4 rings (SSSR count). The summed E-state index contributed by atoms with van der Waals surface area (Å²) in [5.74, 6) is 1.06. The zero-order chi connectivity index (χ0) is 18.6. The van der Waals surface area contributed by atoms with Gasteiger partial charge in [0.2, 0.25) is 5.91 Å². The fraction of sp³-hybridized carbons (Fsp3) is 0.409. The molecule has 0 saturated carbocycles. The Labute approximate surface area is 160 Å². The topological polar surface area (TPSA) is 53.0 Å². The third-order valence-electron chi connectivity index (χ3n) is 5.47. The smallest absolute Gasteiger partial charge is 0.240 e. The second-order valence-electron chi connectivity index (χ2n) is 7.37. The van der Waals surface area contributed by atoms with Crippen molar-refractivity contribution in [1.29, 1.82) is 0 Å². The molecule has 1 unspecified atom stereocenters. The molecule has 1 saturated heterocycles. The van der Waals surface area contributed by atoms with E-state index in [1.807, 2.05) is 17.0 Å². The van der Waals surface area contributed by atoms with Crippen LogP contribution in [0.5, 0.6) is 11.5 Å². The number of likely N-dealkylation sites (tertiary alicyclic amines) is 1. The summed E-state index contributed by atoms with van der Waals surface area (Å²) < 4.78 is 5.75. The molecule has 5 heteroatoms. The Morgan fingerprint density at radius 3 is 2.81 bits per heavy atom. The molecular formula is C22H26N2O3. The van der Waals surface area contributed by atoms with E-state index in [1.54, 1.807) is 12.1 Å². The molecule has 0 bridgehead atoms. The molecule has 0 aromatic heterocycles. The Morgan fingerprint density at radius 1 is 1.11 bits per heavy atom. The second kappa shape index (κ2) is 8.01. The predicted molar refractivity (Wildman–Crippen MR) is 104 cm³/mol. The van der Waals surface area contributed by atoms with E-state index in [-0.39, 0.29) is 17.7 Å². The van der Waals surface area contributed by atoms with Crippen molar-refractivity contribution < 1.29 is 14.6 Å². The molecule has 5 nitrogen and oxygen atoms in total. The van der Waals surface area contributed by atoms with E-state index in [0.717, 1.165) is 37.9 Å². The number of carbonyl (C=O) groups excluding carboxylic acids is 1. The van der Waals surface area contributed by atoms with Gasteiger partial charge in [0.15, 0.2) is 0 Å². The van der Waals surface area contributed by atoms with Crippen LogP contribution >= 0.6 is 0 Å². The van der Waals surface area contributed by atoms with Gasteiger partial charge < -0.3 is 14.7 Å². The highest BCUT2D eigenvalue weighted by Gasteiger charge is 2.33. The Kier molecular flexibility index (Phi) is 5.30. The van der Waals surface area contributed by atoms with Gasteiger partial charge in [-0.1, -0.05) is 36.8 Å². The van der Waals surface area contributed by atoms with E-state index in [2.05, 4.69) is 29.2 Å². The molecular weight excluding hydrogens is 340 g/mol. The summed E-state index contributed by atoms with van der Waals surface area (Å²) >= 11 is 0. The number of hydrogen-bond acceptors (Lipinski definition) is 4. The summed E-state index contributed by atoms with van der Waals surface area (Å²) in [4.78, 5) is 17.6. The van der Waals surface area contributed by atoms with E-state index in [4.69, 9.17) is 4.74 Å². The van der Waals surface area contributed by atoms with Crippen LogP contribution in [0.1, 0.15) is 30.4 Å². The Hall–Kier alpha value is -2.53. The van der Waals surface area contributed by atoms with Crippen molar-refractivity contribution in [3.8, 4) is 11.5 Å². The first kappa shape index (κ1) is 17.9. The second-order valence-corrected chi connectivity index (χ2v) is 7.37. The van der Waals surface area contributed by atoms with Gasteiger partial charge in [0.1, 0.15) is 18.1 Å². The van der Waals surface area contributed by atoms with Crippen molar-refractivity contribution >= 4 is 5.91 Å². The first-order valence-corrected chi connectivity index (χ1v) is 9.72. The molecule has 2 aliphatic heterocycles. The van der Waals surface area contributed by atoms with E-state index in [1.165, 1.54) is 5.56 Å². The molecule has 2 heterocycles. The van der Waals surface area contributed by atoms with Gasteiger partial charge in [0.05, 0.1) is 12.6 Å². The molecule has 1 N–H and O–H groups in total. The first-order valence-electron chi connectivity index (χ1n) is 9.72. The summed E-state index contributed by atoms with van der Waals surface area (Å²) in [7, 11) is 0. The van der Waals surface area contributed by atoms with Gasteiger partial charge in [0.25, 0.3) is 0 Å². The van der Waals surface area contributed by atoms with Crippen LogP contribution in [0, 0.1) is 0 Å². The third-order valence-corrected chi connectivity index (χ3v) is 5.47. The molecule has 2 aromatic rings. The van der Waals surface area contributed by atoms with Crippen molar-refractivity contribution in [3.63, 3.8) is 0 Å². The summed E-state index contributed by atoms with van der Waals surface area (Å²) in [6.45, 7) is 3.33. The van der Waals surface area contributed by atoms with Gasteiger partial charge in [-0.25, -0.2) is 0 Å². The number of hydrogen-bond donors (Lipinski definition) is 1. The number of amides is 1. The number of carbonyl (C=O) groups is 1. The number of phenols is 1. The standard InChI is InChI=1S/C22H26N2O3/c25-19-10-9-18-16-24(12-13-27-21(18)14-19)22(26)20-8-4-5-11-23(20)15-17-6-2-1-3-7-17/h1-3,6-7,9-10,14,20,25H,4-5,8,11-13,15-16H2. The molecule has 0 radical (unpaired) electrons. The minimum absolute atomic E-state index is 0.0716. The van der Waals surface area contributed by atoms with Crippen molar-refractivity contribution in [2.24, 2.45) is 0 Å². The average molecular weight is 366 g/mol. The van der Waals surface area contributed by atoms with Gasteiger partial charge in [-0.15, -0.1) is 0 Å². The largest absolute Gasteiger partial charge is 0.508 e. The zero-order valence-corrected chi connectivity index (χ0v) is 15.5. The van der Waals surface area contributed by atoms with Gasteiger partial charge in [0, 0.05) is 24.7 Å². The quantitative estimate of drug-likeness (QED) is 0.907. The molecule has 2 aliphatic rings. The maximum absolute atomic E-state index is 13.4. The number of rotatable bonds is 3. The Morgan fingerprint density at radius 2 is 1.96 bits per heavy atom. The van der Waals surface area contributed by atoms with Crippen molar-refractivity contribution in [3.05, 3.63) is 59.7 Å². The van der Waals surface area contributed by atoms with Crippen LogP contribution in [0.2, 0.25) is 0 Å². The SMILES string of the molecule is O=C(C1CCCCN1Cc1ccccc1)N1CCOc2cc(O)ccc2C1. The highest BCUT2D eigenvalue weighted by molar-refractivity contribution is 5.82.